The zero-order valence-corrected chi connectivity index (χ0v) is 15.8. The van der Waals surface area contributed by atoms with E-state index < -0.39 is 5.82 Å². The Morgan fingerprint density at radius 3 is 2.79 bits per heavy atom. The van der Waals surface area contributed by atoms with E-state index in [0.29, 0.717) is 10.5 Å². The highest BCUT2D eigenvalue weighted by Gasteiger charge is 2.14. The van der Waals surface area contributed by atoms with E-state index in [1.54, 1.807) is 18.3 Å². The van der Waals surface area contributed by atoms with E-state index in [-0.39, 0.29) is 5.78 Å². The van der Waals surface area contributed by atoms with Crippen LogP contribution in [-0.2, 0) is 0 Å². The Kier molecular flexibility index (Phi) is 5.04. The summed E-state index contributed by atoms with van der Waals surface area (Å²) in [5, 5.41) is 8.31. The van der Waals surface area contributed by atoms with Crippen molar-refractivity contribution in [3.05, 3.63) is 83.6 Å². The Bertz CT molecular complexity index is 1190. The van der Waals surface area contributed by atoms with Crippen molar-refractivity contribution in [2.45, 2.75) is 16.7 Å². The minimum atomic E-state index is -0.401. The van der Waals surface area contributed by atoms with Crippen molar-refractivity contribution in [3.63, 3.8) is 0 Å². The van der Waals surface area contributed by atoms with Crippen molar-refractivity contribution >= 4 is 40.6 Å². The lowest BCUT2D eigenvalue weighted by Crippen LogP contribution is -1.97. The van der Waals surface area contributed by atoms with E-state index in [1.165, 1.54) is 24.8 Å². The predicted octanol–water partition coefficient (Wildman–Crippen LogP) is 5.62. The number of hydrogen-bond donors (Lipinski definition) is 1. The maximum Gasteiger partial charge on any atom is 0.161 e. The molecule has 0 fully saturated rings. The Labute approximate surface area is 165 Å². The van der Waals surface area contributed by atoms with Crippen LogP contribution in [0.2, 0.25) is 0 Å². The normalized spacial score (nSPS) is 11.4. The molecule has 2 heterocycles. The van der Waals surface area contributed by atoms with Gasteiger partial charge in [-0.3, -0.25) is 14.9 Å². The SMILES string of the molecule is CC(=O)c1cccc(F)c1Sc1ccc2c(/C=C/c3ccccn3)n[nH]c2c1. The number of H-pyrrole nitrogens is 1. The van der Waals surface area contributed by atoms with Crippen molar-refractivity contribution in [2.24, 2.45) is 0 Å². The topological polar surface area (TPSA) is 58.6 Å². The molecule has 0 saturated heterocycles. The van der Waals surface area contributed by atoms with Crippen molar-refractivity contribution in [1.29, 1.82) is 0 Å². The Morgan fingerprint density at radius 2 is 2.00 bits per heavy atom. The molecule has 28 heavy (non-hydrogen) atoms. The molecule has 0 amide bonds. The van der Waals surface area contributed by atoms with Gasteiger partial charge in [0.05, 0.1) is 21.8 Å². The number of aromatic nitrogens is 3. The van der Waals surface area contributed by atoms with Crippen molar-refractivity contribution in [2.75, 3.05) is 0 Å². The van der Waals surface area contributed by atoms with Crippen LogP contribution >= 0.6 is 11.8 Å². The maximum absolute atomic E-state index is 14.3. The third-order valence-corrected chi connectivity index (χ3v) is 5.34. The van der Waals surface area contributed by atoms with Gasteiger partial charge in [-0.15, -0.1) is 0 Å². The highest BCUT2D eigenvalue weighted by Crippen LogP contribution is 2.34. The van der Waals surface area contributed by atoms with E-state index in [2.05, 4.69) is 15.2 Å². The third kappa shape index (κ3) is 3.73. The van der Waals surface area contributed by atoms with Gasteiger partial charge in [0.1, 0.15) is 5.82 Å². The molecule has 4 nitrogen and oxygen atoms in total. The average Bonchev–Trinajstić information content (AvgIpc) is 3.11. The molecule has 138 valence electrons. The summed E-state index contributed by atoms with van der Waals surface area (Å²) in [4.78, 5) is 17.2. The van der Waals surface area contributed by atoms with Crippen LogP contribution in [0.1, 0.15) is 28.7 Å². The number of carbonyl (C=O) groups is 1. The van der Waals surface area contributed by atoms with Crippen LogP contribution in [0.5, 0.6) is 0 Å². The van der Waals surface area contributed by atoms with Crippen molar-refractivity contribution in [3.8, 4) is 0 Å². The van der Waals surface area contributed by atoms with Gasteiger partial charge in [-0.1, -0.05) is 30.0 Å². The van der Waals surface area contributed by atoms with Gasteiger partial charge in [0.2, 0.25) is 0 Å². The van der Waals surface area contributed by atoms with Gasteiger partial charge >= 0.3 is 0 Å². The Hall–Kier alpha value is -3.25. The standard InChI is InChI=1S/C22H16FN3OS/c1-14(27)17-6-4-7-19(23)22(17)28-16-9-10-18-20(25-26-21(18)13-16)11-8-15-5-2-3-12-24-15/h2-13H,1H3,(H,25,26)/b11-8+. The molecule has 0 unspecified atom stereocenters. The molecule has 2 aromatic carbocycles. The fourth-order valence-electron chi connectivity index (χ4n) is 2.86. The predicted molar refractivity (Wildman–Crippen MR) is 110 cm³/mol. The van der Waals surface area contributed by atoms with Crippen LogP contribution < -0.4 is 0 Å². The molecule has 0 aliphatic rings. The Balaban J connectivity index is 1.64. The molecule has 0 bridgehead atoms. The number of hydrogen-bond acceptors (Lipinski definition) is 4. The Morgan fingerprint density at radius 1 is 1.11 bits per heavy atom. The second kappa shape index (κ2) is 7.78. The lowest BCUT2D eigenvalue weighted by atomic mass is 10.1. The maximum atomic E-state index is 14.3. The van der Waals surface area contributed by atoms with Crippen LogP contribution in [0.4, 0.5) is 4.39 Å². The second-order valence-corrected chi connectivity index (χ2v) is 7.26. The third-order valence-electron chi connectivity index (χ3n) is 4.23. The molecule has 0 spiro atoms. The van der Waals surface area contributed by atoms with E-state index in [4.69, 9.17) is 0 Å². The summed E-state index contributed by atoms with van der Waals surface area (Å²) in [6.07, 6.45) is 5.54. The first-order valence-electron chi connectivity index (χ1n) is 8.66. The summed E-state index contributed by atoms with van der Waals surface area (Å²) in [7, 11) is 0. The summed E-state index contributed by atoms with van der Waals surface area (Å²) in [5.74, 6) is -0.562. The molecule has 2 aromatic heterocycles. The highest BCUT2D eigenvalue weighted by atomic mass is 32.2. The molecule has 1 N–H and O–H groups in total. The summed E-state index contributed by atoms with van der Waals surface area (Å²) in [5.41, 5.74) is 2.87. The monoisotopic (exact) mass is 389 g/mol. The molecule has 0 radical (unpaired) electrons. The summed E-state index contributed by atoms with van der Waals surface area (Å²) in [6, 6.07) is 16.0. The molecular formula is C22H16FN3OS. The summed E-state index contributed by atoms with van der Waals surface area (Å²) >= 11 is 1.23. The highest BCUT2D eigenvalue weighted by molar-refractivity contribution is 7.99. The van der Waals surface area contributed by atoms with E-state index in [1.807, 2.05) is 48.6 Å². The van der Waals surface area contributed by atoms with Crippen molar-refractivity contribution in [1.82, 2.24) is 15.2 Å². The van der Waals surface area contributed by atoms with Crippen molar-refractivity contribution < 1.29 is 9.18 Å². The molecule has 0 atom stereocenters. The molecule has 4 aromatic rings. The summed E-state index contributed by atoms with van der Waals surface area (Å²) < 4.78 is 14.3. The number of nitrogens with one attached hydrogen (secondary N) is 1. The number of nitrogens with zero attached hydrogens (tertiary/aromatic N) is 2. The van der Waals surface area contributed by atoms with Gasteiger partial charge < -0.3 is 0 Å². The van der Waals surface area contributed by atoms with Gasteiger partial charge in [-0.05, 0) is 55.5 Å². The molecule has 0 aliphatic heterocycles. The van der Waals surface area contributed by atoms with Gasteiger partial charge in [-0.25, -0.2) is 4.39 Å². The number of pyridine rings is 1. The fourth-order valence-corrected chi connectivity index (χ4v) is 3.89. The average molecular weight is 389 g/mol. The first-order chi connectivity index (χ1) is 13.6. The molecule has 6 heteroatoms. The molecule has 0 aliphatic carbocycles. The number of rotatable bonds is 5. The number of fused-ring (bicyclic) bond motifs is 1. The molecule has 4 rings (SSSR count). The zero-order chi connectivity index (χ0) is 19.5. The van der Waals surface area contributed by atoms with E-state index >= 15 is 0 Å². The minimum Gasteiger partial charge on any atom is -0.294 e. The van der Waals surface area contributed by atoms with Crippen LogP contribution in [0.25, 0.3) is 23.1 Å². The lowest BCUT2D eigenvalue weighted by molar-refractivity contribution is 0.101. The minimum absolute atomic E-state index is 0.161. The molecular weight excluding hydrogens is 373 g/mol. The zero-order valence-electron chi connectivity index (χ0n) is 15.0. The van der Waals surface area contributed by atoms with Gasteiger partial charge in [0.15, 0.2) is 5.78 Å². The number of Topliss-reactive ketones (excluding diaryl/α,β-unsaturated/α-hetero) is 1. The van der Waals surface area contributed by atoms with Crippen LogP contribution in [-0.4, -0.2) is 21.0 Å². The van der Waals surface area contributed by atoms with Crippen LogP contribution in [0.15, 0.2) is 70.6 Å². The van der Waals surface area contributed by atoms with E-state index in [9.17, 15) is 9.18 Å². The van der Waals surface area contributed by atoms with E-state index in [0.717, 1.165) is 27.2 Å². The number of benzene rings is 2. The van der Waals surface area contributed by atoms with Crippen LogP contribution in [0.3, 0.4) is 0 Å². The fraction of sp³-hybridized carbons (Fsp3) is 0.0455. The number of halogens is 1. The quantitative estimate of drug-likeness (QED) is 0.450. The van der Waals surface area contributed by atoms with Crippen LogP contribution in [0, 0.1) is 5.82 Å². The first kappa shape index (κ1) is 18.1. The number of carbonyl (C=O) groups excluding carboxylic acids is 1. The number of aromatic amines is 1. The first-order valence-corrected chi connectivity index (χ1v) is 9.48. The van der Waals surface area contributed by atoms with Gasteiger partial charge in [0.25, 0.3) is 0 Å². The number of ketones is 1. The largest absolute Gasteiger partial charge is 0.294 e. The lowest BCUT2D eigenvalue weighted by Gasteiger charge is -2.08. The van der Waals surface area contributed by atoms with Gasteiger partial charge in [0, 0.05) is 22.0 Å². The van der Waals surface area contributed by atoms with Gasteiger partial charge in [-0.2, -0.15) is 5.10 Å². The smallest absolute Gasteiger partial charge is 0.161 e. The molecule has 0 saturated carbocycles. The summed E-state index contributed by atoms with van der Waals surface area (Å²) in [6.45, 7) is 1.44. The second-order valence-electron chi connectivity index (χ2n) is 6.18.